The molecule has 0 bridgehead atoms. The highest BCUT2D eigenvalue weighted by atomic mass is 32.2. The average Bonchev–Trinajstić information content (AvgIpc) is 2.85. The molecule has 1 aliphatic heterocycles. The van der Waals surface area contributed by atoms with Crippen molar-refractivity contribution in [3.05, 3.63) is 29.8 Å². The molecule has 2 rings (SSSR count). The first-order valence-electron chi connectivity index (χ1n) is 6.81. The molecule has 19 heavy (non-hydrogen) atoms. The summed E-state index contributed by atoms with van der Waals surface area (Å²) in [6, 6.07) is 7.21. The van der Waals surface area contributed by atoms with Crippen molar-refractivity contribution in [1.29, 1.82) is 0 Å². The molecule has 0 aliphatic carbocycles. The maximum atomic E-state index is 12.4. The first-order valence-corrected chi connectivity index (χ1v) is 8.25. The van der Waals surface area contributed by atoms with Gasteiger partial charge >= 0.3 is 0 Å². The van der Waals surface area contributed by atoms with Crippen LogP contribution >= 0.6 is 0 Å². The predicted octanol–water partition coefficient (Wildman–Crippen LogP) is 1.92. The summed E-state index contributed by atoms with van der Waals surface area (Å²) in [6.07, 6.45) is 1.79. The second-order valence-corrected chi connectivity index (χ2v) is 7.23. The van der Waals surface area contributed by atoms with Gasteiger partial charge in [-0.1, -0.05) is 26.0 Å². The van der Waals surface area contributed by atoms with Crippen molar-refractivity contribution in [2.24, 2.45) is 5.73 Å². The lowest BCUT2D eigenvalue weighted by Crippen LogP contribution is -2.31. The molecule has 0 spiro atoms. The van der Waals surface area contributed by atoms with Gasteiger partial charge in [0.15, 0.2) is 0 Å². The van der Waals surface area contributed by atoms with Crippen LogP contribution < -0.4 is 5.73 Å². The molecule has 1 aromatic carbocycles. The zero-order valence-electron chi connectivity index (χ0n) is 11.5. The van der Waals surface area contributed by atoms with Crippen LogP contribution in [0.5, 0.6) is 0 Å². The molecule has 1 aliphatic rings. The van der Waals surface area contributed by atoms with Crippen LogP contribution in [0.15, 0.2) is 29.2 Å². The molecule has 106 valence electrons. The van der Waals surface area contributed by atoms with Gasteiger partial charge in [-0.3, -0.25) is 0 Å². The van der Waals surface area contributed by atoms with Crippen molar-refractivity contribution in [3.63, 3.8) is 0 Å². The summed E-state index contributed by atoms with van der Waals surface area (Å²) in [5.41, 5.74) is 6.96. The summed E-state index contributed by atoms with van der Waals surface area (Å²) in [4.78, 5) is 0.369. The minimum absolute atomic E-state index is 0.0332. The van der Waals surface area contributed by atoms with Crippen LogP contribution in [0.25, 0.3) is 0 Å². The van der Waals surface area contributed by atoms with E-state index in [4.69, 9.17) is 5.73 Å². The Hall–Kier alpha value is -0.910. The van der Waals surface area contributed by atoms with Gasteiger partial charge in [0.05, 0.1) is 4.90 Å². The van der Waals surface area contributed by atoms with Gasteiger partial charge < -0.3 is 5.73 Å². The first-order chi connectivity index (χ1) is 8.95. The predicted molar refractivity (Wildman–Crippen MR) is 76.5 cm³/mol. The fourth-order valence-corrected chi connectivity index (χ4v) is 3.84. The highest BCUT2D eigenvalue weighted by molar-refractivity contribution is 7.89. The van der Waals surface area contributed by atoms with Crippen LogP contribution in [0.3, 0.4) is 0 Å². The van der Waals surface area contributed by atoms with E-state index in [-0.39, 0.29) is 6.04 Å². The number of hydrogen-bond acceptors (Lipinski definition) is 3. The molecule has 2 atom stereocenters. The van der Waals surface area contributed by atoms with E-state index in [0.29, 0.717) is 23.9 Å². The third kappa shape index (κ3) is 2.99. The summed E-state index contributed by atoms with van der Waals surface area (Å²) in [5.74, 6) is 0.456. The topological polar surface area (TPSA) is 63.4 Å². The quantitative estimate of drug-likeness (QED) is 0.917. The number of benzene rings is 1. The van der Waals surface area contributed by atoms with Crippen molar-refractivity contribution < 1.29 is 8.42 Å². The Kier molecular flexibility index (Phi) is 4.28. The highest BCUT2D eigenvalue weighted by Crippen LogP contribution is 2.24. The van der Waals surface area contributed by atoms with Gasteiger partial charge in [0.1, 0.15) is 0 Å². The number of sulfonamides is 1. The van der Waals surface area contributed by atoms with Gasteiger partial charge in [0, 0.05) is 19.1 Å². The number of nitrogens with zero attached hydrogens (tertiary/aromatic N) is 1. The van der Waals surface area contributed by atoms with Gasteiger partial charge in [0.2, 0.25) is 10.0 Å². The molecule has 1 aromatic rings. The molecule has 4 nitrogen and oxygen atoms in total. The lowest BCUT2D eigenvalue weighted by molar-refractivity contribution is 0.472. The third-order valence-electron chi connectivity index (χ3n) is 3.89. The molecule has 0 amide bonds. The maximum absolute atomic E-state index is 12.4. The number of hydrogen-bond donors (Lipinski definition) is 1. The molecule has 0 radical (unpaired) electrons. The van der Waals surface area contributed by atoms with E-state index in [1.54, 1.807) is 12.1 Å². The Labute approximate surface area is 115 Å². The molecule has 1 saturated heterocycles. The Morgan fingerprint density at radius 3 is 2.47 bits per heavy atom. The lowest BCUT2D eigenvalue weighted by Gasteiger charge is -2.16. The Morgan fingerprint density at radius 1 is 1.37 bits per heavy atom. The van der Waals surface area contributed by atoms with Gasteiger partial charge in [-0.05, 0) is 36.5 Å². The van der Waals surface area contributed by atoms with Crippen molar-refractivity contribution in [2.45, 2.75) is 43.5 Å². The smallest absolute Gasteiger partial charge is 0.243 e. The standard InChI is InChI=1S/C14H22N2O2S/c1-3-11(2)12-4-6-14(7-5-12)19(17,18)16-9-8-13(15)10-16/h4-7,11,13H,3,8-10,15H2,1-2H3/t11?,13-/m1/s1. The van der Waals surface area contributed by atoms with Crippen LogP contribution in [0, 0.1) is 0 Å². The molecular weight excluding hydrogens is 260 g/mol. The average molecular weight is 282 g/mol. The molecule has 0 saturated carbocycles. The Balaban J connectivity index is 2.22. The minimum atomic E-state index is -3.37. The summed E-state index contributed by atoms with van der Waals surface area (Å²) < 4.78 is 26.3. The van der Waals surface area contributed by atoms with Crippen LogP contribution in [0.4, 0.5) is 0 Å². The molecule has 1 unspecified atom stereocenters. The van der Waals surface area contributed by atoms with Crippen LogP contribution in [-0.4, -0.2) is 31.9 Å². The fraction of sp³-hybridized carbons (Fsp3) is 0.571. The van der Waals surface area contributed by atoms with Gasteiger partial charge in [0.25, 0.3) is 0 Å². The SMILES string of the molecule is CCC(C)c1ccc(S(=O)(=O)N2CC[C@@H](N)C2)cc1. The summed E-state index contributed by atoms with van der Waals surface area (Å²) in [6.45, 7) is 5.22. The van der Waals surface area contributed by atoms with Crippen molar-refractivity contribution in [2.75, 3.05) is 13.1 Å². The van der Waals surface area contributed by atoms with E-state index in [1.807, 2.05) is 12.1 Å². The van der Waals surface area contributed by atoms with E-state index in [1.165, 1.54) is 9.87 Å². The van der Waals surface area contributed by atoms with E-state index in [9.17, 15) is 8.42 Å². The second kappa shape index (κ2) is 5.61. The molecule has 0 aromatic heterocycles. The fourth-order valence-electron chi connectivity index (χ4n) is 2.33. The second-order valence-electron chi connectivity index (χ2n) is 5.29. The van der Waals surface area contributed by atoms with Crippen molar-refractivity contribution in [1.82, 2.24) is 4.31 Å². The van der Waals surface area contributed by atoms with E-state index >= 15 is 0 Å². The summed E-state index contributed by atoms with van der Waals surface area (Å²) in [5, 5.41) is 0. The van der Waals surface area contributed by atoms with E-state index in [2.05, 4.69) is 13.8 Å². The zero-order chi connectivity index (χ0) is 14.0. The monoisotopic (exact) mass is 282 g/mol. The van der Waals surface area contributed by atoms with Crippen LogP contribution in [-0.2, 0) is 10.0 Å². The number of nitrogens with two attached hydrogens (primary N) is 1. The normalized spacial score (nSPS) is 22.6. The molecule has 1 heterocycles. The Bertz CT molecular complexity index is 525. The van der Waals surface area contributed by atoms with Crippen molar-refractivity contribution in [3.8, 4) is 0 Å². The molecular formula is C14H22N2O2S. The molecule has 2 N–H and O–H groups in total. The summed E-state index contributed by atoms with van der Waals surface area (Å²) in [7, 11) is -3.37. The largest absolute Gasteiger partial charge is 0.326 e. The van der Waals surface area contributed by atoms with E-state index in [0.717, 1.165) is 12.8 Å². The Morgan fingerprint density at radius 2 is 2.00 bits per heavy atom. The maximum Gasteiger partial charge on any atom is 0.243 e. The van der Waals surface area contributed by atoms with Crippen LogP contribution in [0.1, 0.15) is 38.2 Å². The minimum Gasteiger partial charge on any atom is -0.326 e. The van der Waals surface area contributed by atoms with Gasteiger partial charge in [-0.2, -0.15) is 4.31 Å². The summed E-state index contributed by atoms with van der Waals surface area (Å²) >= 11 is 0. The first kappa shape index (κ1) is 14.5. The number of rotatable bonds is 4. The van der Waals surface area contributed by atoms with E-state index < -0.39 is 10.0 Å². The lowest BCUT2D eigenvalue weighted by atomic mass is 9.99. The molecule has 5 heteroatoms. The zero-order valence-corrected chi connectivity index (χ0v) is 12.4. The van der Waals surface area contributed by atoms with Crippen LogP contribution in [0.2, 0.25) is 0 Å². The van der Waals surface area contributed by atoms with Gasteiger partial charge in [-0.15, -0.1) is 0 Å². The van der Waals surface area contributed by atoms with Crippen molar-refractivity contribution >= 4 is 10.0 Å². The molecule has 1 fully saturated rings. The third-order valence-corrected chi connectivity index (χ3v) is 5.77. The highest BCUT2D eigenvalue weighted by Gasteiger charge is 2.30. The van der Waals surface area contributed by atoms with Gasteiger partial charge in [-0.25, -0.2) is 8.42 Å².